The Morgan fingerprint density at radius 1 is 0.544 bits per heavy atom. The fraction of sp³-hybridized carbons (Fsp3) is 0.143. The minimum absolute atomic E-state index is 0.0475. The molecule has 1 amide bonds. The molecule has 0 aliphatic carbocycles. The lowest BCUT2D eigenvalue weighted by molar-refractivity contribution is -0.166. The summed E-state index contributed by atoms with van der Waals surface area (Å²) in [5.41, 5.74) is 31.6. The molecule has 6 aromatic rings. The van der Waals surface area contributed by atoms with E-state index < -0.39 is 35.2 Å². The summed E-state index contributed by atoms with van der Waals surface area (Å²) in [6, 6.07) is 39.5. The fourth-order valence-electron chi connectivity index (χ4n) is 5.71. The van der Waals surface area contributed by atoms with E-state index in [0.717, 1.165) is 28.8 Å². The summed E-state index contributed by atoms with van der Waals surface area (Å²) in [7, 11) is 0. The number of amides is 1. The Morgan fingerprint density at radius 2 is 0.877 bits per heavy atom. The van der Waals surface area contributed by atoms with Gasteiger partial charge in [0.2, 0.25) is 0 Å². The first-order valence-corrected chi connectivity index (χ1v) is 17.4. The predicted molar refractivity (Wildman–Crippen MR) is 213 cm³/mol. The Bertz CT molecular complexity index is 2160. The quantitative estimate of drug-likeness (QED) is 0.0708. The molecule has 0 bridgehead atoms. The maximum atomic E-state index is 14.5. The number of aliphatic carboxylic acids is 1. The van der Waals surface area contributed by atoms with Gasteiger partial charge >= 0.3 is 17.8 Å². The van der Waals surface area contributed by atoms with Crippen LogP contribution < -0.4 is 34.0 Å². The number of nitrogens with two attached hydrogens (primary N) is 5. The number of aromatic nitrogens is 2. The molecule has 0 saturated heterocycles. The number of nitrogens with zero attached hydrogens (tertiary/aromatic N) is 2. The van der Waals surface area contributed by atoms with E-state index in [1.54, 1.807) is 24.3 Å². The SMILES string of the molecule is NCC(c1ccccc1)c1cc(N)nc(N)c1.Nc1cc(C(CNC(=O)C(F)(F)c2ccccc2)c2ccccc2)cc(N)n1.O=C(O)C(F)(F)c1ccccc1. The first kappa shape index (κ1) is 42.7. The number of nitrogens with one attached hydrogen (secondary N) is 1. The zero-order chi connectivity index (χ0) is 41.6. The molecular formula is C42H42F4N8O3. The van der Waals surface area contributed by atoms with Crippen molar-refractivity contribution >= 4 is 35.1 Å². The molecule has 6 rings (SSSR count). The fourth-order valence-corrected chi connectivity index (χ4v) is 5.71. The number of anilines is 4. The van der Waals surface area contributed by atoms with Gasteiger partial charge in [0.05, 0.1) is 0 Å². The number of alkyl halides is 4. The molecule has 2 atom stereocenters. The molecule has 2 heterocycles. The van der Waals surface area contributed by atoms with Crippen molar-refractivity contribution in [2.75, 3.05) is 36.0 Å². The summed E-state index contributed by atoms with van der Waals surface area (Å²) in [5.74, 6) is -9.95. The van der Waals surface area contributed by atoms with Crippen LogP contribution in [0, 0.1) is 0 Å². The standard InChI is InChI=1S/C21H20F2N4O.C13H16N4.C8H6F2O2/c22-21(23,16-9-5-2-6-10-16)20(28)26-13-17(14-7-3-1-4-8-14)15-11-18(24)27-19(25)12-15;14-8-11(9-4-2-1-3-5-9)10-6-12(15)17-13(16)7-10;9-8(10,7(11)12)6-4-2-1-3-5-6/h1-12,17H,13H2,(H,26,28)(H4,24,25,27);1-7,11H,8,14H2,(H4,15,16,17);1-5H,(H,11,12). The van der Waals surface area contributed by atoms with E-state index in [9.17, 15) is 27.2 Å². The number of benzene rings is 4. The highest BCUT2D eigenvalue weighted by atomic mass is 19.3. The van der Waals surface area contributed by atoms with Gasteiger partial charge in [-0.05, 0) is 46.5 Å². The number of carboxylic acids is 1. The minimum atomic E-state index is -3.79. The summed E-state index contributed by atoms with van der Waals surface area (Å²) >= 11 is 0. The molecule has 0 aliphatic rings. The van der Waals surface area contributed by atoms with Crippen molar-refractivity contribution < 1.29 is 32.3 Å². The number of carbonyl (C=O) groups excluding carboxylic acids is 1. The van der Waals surface area contributed by atoms with Gasteiger partial charge in [0.15, 0.2) is 0 Å². The van der Waals surface area contributed by atoms with E-state index >= 15 is 0 Å². The highest BCUT2D eigenvalue weighted by Gasteiger charge is 2.41. The van der Waals surface area contributed by atoms with E-state index in [4.69, 9.17) is 33.8 Å². The third-order valence-electron chi connectivity index (χ3n) is 8.51. The first-order chi connectivity index (χ1) is 27.1. The zero-order valence-electron chi connectivity index (χ0n) is 30.5. The number of hydrogen-bond acceptors (Lipinski definition) is 9. The molecule has 15 heteroatoms. The van der Waals surface area contributed by atoms with Crippen molar-refractivity contribution in [3.8, 4) is 0 Å². The molecule has 2 unspecified atom stereocenters. The van der Waals surface area contributed by atoms with Gasteiger partial charge < -0.3 is 39.1 Å². The molecule has 4 aromatic carbocycles. The molecule has 0 spiro atoms. The lowest BCUT2D eigenvalue weighted by Gasteiger charge is -2.22. The van der Waals surface area contributed by atoms with Crippen molar-refractivity contribution in [2.24, 2.45) is 5.73 Å². The van der Waals surface area contributed by atoms with Crippen molar-refractivity contribution in [1.29, 1.82) is 0 Å². The van der Waals surface area contributed by atoms with Crippen LogP contribution in [0.3, 0.4) is 0 Å². The van der Waals surface area contributed by atoms with Crippen LogP contribution >= 0.6 is 0 Å². The lowest BCUT2D eigenvalue weighted by atomic mass is 9.91. The van der Waals surface area contributed by atoms with Crippen molar-refractivity contribution in [1.82, 2.24) is 15.3 Å². The largest absolute Gasteiger partial charge is 0.477 e. The van der Waals surface area contributed by atoms with Crippen LogP contribution in [0.5, 0.6) is 0 Å². The smallest absolute Gasteiger partial charge is 0.379 e. The minimum Gasteiger partial charge on any atom is -0.477 e. The van der Waals surface area contributed by atoms with Crippen LogP contribution in [-0.4, -0.2) is 40.0 Å². The van der Waals surface area contributed by atoms with Crippen LogP contribution in [0.4, 0.5) is 40.8 Å². The average molecular weight is 783 g/mol. The molecule has 12 N–H and O–H groups in total. The molecule has 296 valence electrons. The third kappa shape index (κ3) is 11.7. The van der Waals surface area contributed by atoms with Crippen LogP contribution in [0.2, 0.25) is 0 Å². The molecule has 0 radical (unpaired) electrons. The van der Waals surface area contributed by atoms with Gasteiger partial charge in [0.1, 0.15) is 23.3 Å². The number of carbonyl (C=O) groups is 2. The Labute approximate surface area is 326 Å². The number of hydrogen-bond donors (Lipinski definition) is 7. The average Bonchev–Trinajstić information content (AvgIpc) is 3.19. The van der Waals surface area contributed by atoms with E-state index in [2.05, 4.69) is 15.3 Å². The molecule has 57 heavy (non-hydrogen) atoms. The van der Waals surface area contributed by atoms with Gasteiger partial charge in [-0.25, -0.2) is 14.8 Å². The van der Waals surface area contributed by atoms with Crippen LogP contribution in [0.15, 0.2) is 146 Å². The summed E-state index contributed by atoms with van der Waals surface area (Å²) in [6.45, 7) is 0.459. The van der Waals surface area contributed by atoms with Gasteiger partial charge in [-0.1, -0.05) is 121 Å². The Morgan fingerprint density at radius 3 is 1.25 bits per heavy atom. The molecular weight excluding hydrogens is 741 g/mol. The number of pyridine rings is 2. The topological polar surface area (TPSA) is 222 Å². The maximum absolute atomic E-state index is 14.5. The second-order valence-corrected chi connectivity index (χ2v) is 12.6. The van der Waals surface area contributed by atoms with Gasteiger partial charge in [-0.3, -0.25) is 4.79 Å². The summed E-state index contributed by atoms with van der Waals surface area (Å²) < 4.78 is 54.3. The van der Waals surface area contributed by atoms with E-state index in [0.29, 0.717) is 23.7 Å². The zero-order valence-corrected chi connectivity index (χ0v) is 30.5. The van der Waals surface area contributed by atoms with Gasteiger partial charge in [-0.2, -0.15) is 17.6 Å². The van der Waals surface area contributed by atoms with E-state index in [1.807, 2.05) is 72.8 Å². The maximum Gasteiger partial charge on any atom is 0.379 e. The number of carboxylic acid groups (broad SMARTS) is 1. The van der Waals surface area contributed by atoms with Crippen LogP contribution in [0.1, 0.15) is 45.2 Å². The first-order valence-electron chi connectivity index (χ1n) is 17.4. The number of halogens is 4. The van der Waals surface area contributed by atoms with Crippen LogP contribution in [-0.2, 0) is 21.4 Å². The molecule has 0 saturated carbocycles. The molecule has 2 aromatic heterocycles. The monoisotopic (exact) mass is 782 g/mol. The van der Waals surface area contributed by atoms with Gasteiger partial charge in [0, 0.05) is 36.1 Å². The molecule has 0 fully saturated rings. The van der Waals surface area contributed by atoms with Crippen molar-refractivity contribution in [2.45, 2.75) is 23.7 Å². The highest BCUT2D eigenvalue weighted by Crippen LogP contribution is 2.31. The summed E-state index contributed by atoms with van der Waals surface area (Å²) in [6.07, 6.45) is 0. The van der Waals surface area contributed by atoms with Crippen molar-refractivity contribution in [3.05, 3.63) is 179 Å². The van der Waals surface area contributed by atoms with Gasteiger partial charge in [0.25, 0.3) is 5.91 Å². The van der Waals surface area contributed by atoms with Crippen molar-refractivity contribution in [3.63, 3.8) is 0 Å². The normalized spacial score (nSPS) is 12.1. The number of rotatable bonds is 11. The molecule has 11 nitrogen and oxygen atoms in total. The second kappa shape index (κ2) is 19.5. The van der Waals surface area contributed by atoms with Crippen LogP contribution in [0.25, 0.3) is 0 Å². The second-order valence-electron chi connectivity index (χ2n) is 12.6. The Balaban J connectivity index is 0.000000210. The van der Waals surface area contributed by atoms with E-state index in [-0.39, 0.29) is 29.7 Å². The predicted octanol–water partition coefficient (Wildman–Crippen LogP) is 6.49. The molecule has 0 aliphatic heterocycles. The summed E-state index contributed by atoms with van der Waals surface area (Å²) in [5, 5.41) is 10.5. The number of nitrogen functional groups attached to an aromatic ring is 4. The van der Waals surface area contributed by atoms with E-state index in [1.165, 1.54) is 36.4 Å². The third-order valence-corrected chi connectivity index (χ3v) is 8.51. The van der Waals surface area contributed by atoms with Gasteiger partial charge in [-0.15, -0.1) is 0 Å². The Kier molecular flexibility index (Phi) is 14.7. The summed E-state index contributed by atoms with van der Waals surface area (Å²) in [4.78, 5) is 30.2. The highest BCUT2D eigenvalue weighted by molar-refractivity contribution is 5.84. The Hall–Kier alpha value is -7.00. The lowest BCUT2D eigenvalue weighted by Crippen LogP contribution is -2.40.